The highest BCUT2D eigenvalue weighted by Crippen LogP contribution is 2.34. The van der Waals surface area contributed by atoms with Crippen LogP contribution in [0, 0.1) is 11.8 Å². The molecule has 2 unspecified atom stereocenters. The van der Waals surface area contributed by atoms with Crippen LogP contribution in [0.4, 0.5) is 0 Å². The summed E-state index contributed by atoms with van der Waals surface area (Å²) in [6, 6.07) is 10.6. The quantitative estimate of drug-likeness (QED) is 0.843. The van der Waals surface area contributed by atoms with Gasteiger partial charge in [-0.15, -0.1) is 0 Å². The second-order valence-electron chi connectivity index (χ2n) is 7.43. The summed E-state index contributed by atoms with van der Waals surface area (Å²) in [5.74, 6) is 1.00. The molecule has 1 aromatic rings. The van der Waals surface area contributed by atoms with Gasteiger partial charge in [0.15, 0.2) is 0 Å². The lowest BCUT2D eigenvalue weighted by atomic mass is 9.81. The molecule has 0 spiro atoms. The Morgan fingerprint density at radius 2 is 1.92 bits per heavy atom. The van der Waals surface area contributed by atoms with Crippen molar-refractivity contribution in [2.24, 2.45) is 11.8 Å². The molecule has 1 aliphatic heterocycles. The normalized spacial score (nSPS) is 24.0. The number of rotatable bonds is 6. The summed E-state index contributed by atoms with van der Waals surface area (Å²) >= 11 is 0. The number of hydrogen-bond acceptors (Lipinski definition) is 3. The van der Waals surface area contributed by atoms with Crippen LogP contribution in [0.1, 0.15) is 50.1 Å². The Morgan fingerprint density at radius 3 is 2.58 bits per heavy atom. The van der Waals surface area contributed by atoms with E-state index in [1.165, 1.54) is 37.7 Å². The van der Waals surface area contributed by atoms with Crippen molar-refractivity contribution in [2.45, 2.75) is 44.6 Å². The molecule has 24 heavy (non-hydrogen) atoms. The minimum absolute atomic E-state index is 0.119. The maximum Gasteiger partial charge on any atom is 0.234 e. The molecule has 0 radical (unpaired) electrons. The van der Waals surface area contributed by atoms with Crippen molar-refractivity contribution in [2.75, 3.05) is 26.2 Å². The number of aliphatic hydroxyl groups excluding tert-OH is 1. The molecule has 1 saturated carbocycles. The van der Waals surface area contributed by atoms with E-state index < -0.39 is 0 Å². The molecular weight excluding hydrogens is 300 g/mol. The van der Waals surface area contributed by atoms with Crippen LogP contribution in [0.25, 0.3) is 0 Å². The second-order valence-corrected chi connectivity index (χ2v) is 7.43. The average Bonchev–Trinajstić information content (AvgIpc) is 3.08. The topological polar surface area (TPSA) is 52.6 Å². The zero-order valence-electron chi connectivity index (χ0n) is 14.5. The molecule has 3 rings (SSSR count). The molecule has 1 amide bonds. The fraction of sp³-hybridized carbons (Fsp3) is 0.650. The Balaban J connectivity index is 1.62. The van der Waals surface area contributed by atoms with Crippen LogP contribution in [0.15, 0.2) is 30.3 Å². The van der Waals surface area contributed by atoms with E-state index in [0.29, 0.717) is 18.4 Å². The maximum absolute atomic E-state index is 12.6. The van der Waals surface area contributed by atoms with Gasteiger partial charge in [0.2, 0.25) is 5.91 Å². The smallest absolute Gasteiger partial charge is 0.234 e. The van der Waals surface area contributed by atoms with E-state index in [9.17, 15) is 9.90 Å². The fourth-order valence-corrected chi connectivity index (χ4v) is 4.23. The van der Waals surface area contributed by atoms with Crippen LogP contribution in [-0.2, 0) is 4.79 Å². The summed E-state index contributed by atoms with van der Waals surface area (Å²) in [6.07, 6.45) is 7.27. The zero-order valence-corrected chi connectivity index (χ0v) is 14.5. The molecule has 4 nitrogen and oxygen atoms in total. The highest BCUT2D eigenvalue weighted by molar-refractivity contribution is 5.78. The zero-order chi connectivity index (χ0) is 16.8. The summed E-state index contributed by atoms with van der Waals surface area (Å²) in [5.41, 5.74) is 1.23. The van der Waals surface area contributed by atoms with Gasteiger partial charge >= 0.3 is 0 Å². The van der Waals surface area contributed by atoms with Gasteiger partial charge in [0.05, 0.1) is 12.6 Å². The van der Waals surface area contributed by atoms with E-state index in [0.717, 1.165) is 19.5 Å². The minimum Gasteiger partial charge on any atom is -0.396 e. The first kappa shape index (κ1) is 17.4. The van der Waals surface area contributed by atoms with E-state index in [2.05, 4.69) is 34.5 Å². The molecule has 1 aliphatic carbocycles. The Kier molecular flexibility index (Phi) is 6.27. The molecule has 4 heteroatoms. The minimum atomic E-state index is 0.119. The molecule has 1 heterocycles. The number of benzene rings is 1. The predicted molar refractivity (Wildman–Crippen MR) is 95.5 cm³/mol. The molecule has 1 aromatic carbocycles. The van der Waals surface area contributed by atoms with Crippen molar-refractivity contribution in [3.8, 4) is 0 Å². The summed E-state index contributed by atoms with van der Waals surface area (Å²) in [7, 11) is 0. The number of amides is 1. The lowest BCUT2D eigenvalue weighted by Gasteiger charge is -2.32. The predicted octanol–water partition coefficient (Wildman–Crippen LogP) is 2.74. The number of carbonyl (C=O) groups excluding carboxylic acids is 1. The number of nitrogens with one attached hydrogen (secondary N) is 1. The first-order valence-corrected chi connectivity index (χ1v) is 9.44. The van der Waals surface area contributed by atoms with Crippen molar-refractivity contribution in [1.29, 1.82) is 0 Å². The van der Waals surface area contributed by atoms with Gasteiger partial charge < -0.3 is 10.4 Å². The average molecular weight is 330 g/mol. The number of aliphatic hydroxyl groups is 1. The molecule has 132 valence electrons. The first-order chi connectivity index (χ1) is 11.8. The molecule has 0 bridgehead atoms. The van der Waals surface area contributed by atoms with Gasteiger partial charge in [-0.25, -0.2) is 0 Å². The van der Waals surface area contributed by atoms with Crippen LogP contribution in [0.5, 0.6) is 0 Å². The molecular formula is C20H30N2O2. The first-order valence-electron chi connectivity index (χ1n) is 9.44. The number of hydrogen-bond donors (Lipinski definition) is 2. The Bertz CT molecular complexity index is 514. The molecule has 2 N–H and O–H groups in total. The number of likely N-dealkylation sites (tertiary alicyclic amines) is 1. The maximum atomic E-state index is 12.6. The molecule has 1 saturated heterocycles. The van der Waals surface area contributed by atoms with Gasteiger partial charge in [0.1, 0.15) is 0 Å². The SMILES string of the molecule is O=C(CN1CCC(CO)C1)NC(c1ccccc1)C1CCCCC1. The fourth-order valence-electron chi connectivity index (χ4n) is 4.23. The Morgan fingerprint density at radius 1 is 1.17 bits per heavy atom. The third kappa shape index (κ3) is 4.58. The summed E-state index contributed by atoms with van der Waals surface area (Å²) in [6.45, 7) is 2.43. The van der Waals surface area contributed by atoms with Gasteiger partial charge in [-0.05, 0) is 43.2 Å². The molecule has 2 aliphatic rings. The van der Waals surface area contributed by atoms with Gasteiger partial charge in [-0.2, -0.15) is 0 Å². The van der Waals surface area contributed by atoms with Crippen LogP contribution < -0.4 is 5.32 Å². The third-order valence-corrected chi connectivity index (χ3v) is 5.59. The Labute approximate surface area is 145 Å². The van der Waals surface area contributed by atoms with Crippen molar-refractivity contribution < 1.29 is 9.90 Å². The van der Waals surface area contributed by atoms with E-state index >= 15 is 0 Å². The lowest BCUT2D eigenvalue weighted by Crippen LogP contribution is -2.40. The van der Waals surface area contributed by atoms with E-state index in [1.54, 1.807) is 0 Å². The van der Waals surface area contributed by atoms with Crippen LogP contribution in [0.3, 0.4) is 0 Å². The Hall–Kier alpha value is -1.39. The standard InChI is InChI=1S/C20H30N2O2/c23-15-16-11-12-22(13-16)14-19(24)21-20(17-7-3-1-4-8-17)18-9-5-2-6-10-18/h1,3-4,7-8,16,18,20,23H,2,5-6,9-15H2,(H,21,24). The largest absolute Gasteiger partial charge is 0.396 e. The second kappa shape index (κ2) is 8.63. The number of nitrogens with zero attached hydrogens (tertiary/aromatic N) is 1. The van der Waals surface area contributed by atoms with E-state index in [-0.39, 0.29) is 18.6 Å². The number of carbonyl (C=O) groups is 1. The van der Waals surface area contributed by atoms with E-state index in [4.69, 9.17) is 0 Å². The highest BCUT2D eigenvalue weighted by atomic mass is 16.3. The monoisotopic (exact) mass is 330 g/mol. The molecule has 2 atom stereocenters. The highest BCUT2D eigenvalue weighted by Gasteiger charge is 2.28. The molecule has 2 fully saturated rings. The van der Waals surface area contributed by atoms with Crippen molar-refractivity contribution >= 4 is 5.91 Å². The third-order valence-electron chi connectivity index (χ3n) is 5.59. The summed E-state index contributed by atoms with van der Waals surface area (Å²) in [4.78, 5) is 14.8. The van der Waals surface area contributed by atoms with Crippen LogP contribution in [-0.4, -0.2) is 42.2 Å². The molecule has 0 aromatic heterocycles. The van der Waals surface area contributed by atoms with Crippen molar-refractivity contribution in [1.82, 2.24) is 10.2 Å². The van der Waals surface area contributed by atoms with Crippen molar-refractivity contribution in [3.63, 3.8) is 0 Å². The summed E-state index contributed by atoms with van der Waals surface area (Å²) < 4.78 is 0. The van der Waals surface area contributed by atoms with Crippen molar-refractivity contribution in [3.05, 3.63) is 35.9 Å². The van der Waals surface area contributed by atoms with Gasteiger partial charge in [-0.3, -0.25) is 9.69 Å². The van der Waals surface area contributed by atoms with Gasteiger partial charge in [0.25, 0.3) is 0 Å². The van der Waals surface area contributed by atoms with E-state index in [1.807, 2.05) is 6.07 Å². The van der Waals surface area contributed by atoms with Gasteiger partial charge in [0, 0.05) is 13.2 Å². The lowest BCUT2D eigenvalue weighted by molar-refractivity contribution is -0.123. The van der Waals surface area contributed by atoms with Gasteiger partial charge in [-0.1, -0.05) is 49.6 Å². The van der Waals surface area contributed by atoms with Crippen LogP contribution in [0.2, 0.25) is 0 Å². The van der Waals surface area contributed by atoms with Crippen LogP contribution >= 0.6 is 0 Å². The summed E-state index contributed by atoms with van der Waals surface area (Å²) in [5, 5.41) is 12.6.